The fraction of sp³-hybridized carbons (Fsp3) is 0.404. The molecule has 6 aromatic rings. The second-order valence-corrected chi connectivity index (χ2v) is 20.7. The van der Waals surface area contributed by atoms with Gasteiger partial charge >= 0.3 is 17.9 Å². The van der Waals surface area contributed by atoms with Crippen molar-refractivity contribution >= 4 is 53.8 Å². The standard InChI is InChI=1S/C25H31N3O5S.C22H23F2N3O5S/c1-5-32-19-10-12-20(13-11-19)34(30,31)27-15-18(4)24(16-27)28-23-9-7-6-8-21(23)22(26-28)14-25(29)33-17(2)3;1-3-32-15-8-10-16(11-9-15)33(30,31)26-12-14(2)19(13-26)27-18-7-5-4-6-17(18)20(25-27)22(23,24)21(28)29/h6-13,17-18,24H,5,14-16H2,1-4H3;4-11,14,19H,3,12-13H2,1-2H3,(H,28,29)/t18-,24+;14-,19+/m11/s1. The van der Waals surface area contributed by atoms with Gasteiger partial charge < -0.3 is 19.3 Å². The monoisotopic (exact) mass is 964 g/mol. The highest BCUT2D eigenvalue weighted by atomic mass is 32.2. The summed E-state index contributed by atoms with van der Waals surface area (Å²) in [6, 6.07) is 25.7. The molecular formula is C47H54F2N6O10S2. The van der Waals surface area contributed by atoms with Crippen molar-refractivity contribution in [2.75, 3.05) is 39.4 Å². The minimum Gasteiger partial charge on any atom is -0.494 e. The first-order chi connectivity index (χ1) is 31.8. The van der Waals surface area contributed by atoms with Gasteiger partial charge in [-0.1, -0.05) is 50.2 Å². The first-order valence-electron chi connectivity index (χ1n) is 22.0. The molecule has 4 aromatic carbocycles. The summed E-state index contributed by atoms with van der Waals surface area (Å²) in [7, 11) is -7.50. The minimum atomic E-state index is -4.18. The van der Waals surface area contributed by atoms with Gasteiger partial charge in [-0.25, -0.2) is 21.6 Å². The van der Waals surface area contributed by atoms with Crippen molar-refractivity contribution in [3.63, 3.8) is 0 Å². The van der Waals surface area contributed by atoms with Gasteiger partial charge in [0.2, 0.25) is 20.0 Å². The fourth-order valence-electron chi connectivity index (χ4n) is 8.54. The quantitative estimate of drug-likeness (QED) is 0.101. The summed E-state index contributed by atoms with van der Waals surface area (Å²) in [6.07, 6.45) is -0.127. The summed E-state index contributed by atoms with van der Waals surface area (Å²) in [5, 5.41) is 18.7. The number of aliphatic carboxylic acids is 1. The number of sulfonamides is 2. The number of carbonyl (C=O) groups excluding carboxylic acids is 1. The maximum Gasteiger partial charge on any atom is 0.386 e. The van der Waals surface area contributed by atoms with Crippen LogP contribution in [0.25, 0.3) is 21.8 Å². The Morgan fingerprint density at radius 3 is 1.57 bits per heavy atom. The normalized spacial score (nSPS) is 19.4. The van der Waals surface area contributed by atoms with Gasteiger partial charge in [-0.15, -0.1) is 0 Å². The first-order valence-corrected chi connectivity index (χ1v) is 24.9. The van der Waals surface area contributed by atoms with Crippen molar-refractivity contribution in [3.8, 4) is 11.5 Å². The summed E-state index contributed by atoms with van der Waals surface area (Å²) >= 11 is 0. The van der Waals surface area contributed by atoms with Crippen LogP contribution < -0.4 is 9.47 Å². The van der Waals surface area contributed by atoms with Gasteiger partial charge in [0.25, 0.3) is 0 Å². The van der Waals surface area contributed by atoms with Crippen molar-refractivity contribution in [2.24, 2.45) is 11.8 Å². The fourth-order valence-corrected chi connectivity index (χ4v) is 11.7. The third kappa shape index (κ3) is 10.0. The van der Waals surface area contributed by atoms with Crippen LogP contribution in [0.4, 0.5) is 8.78 Å². The molecule has 67 heavy (non-hydrogen) atoms. The van der Waals surface area contributed by atoms with Crippen LogP contribution in [-0.4, -0.2) is 108 Å². The number of halogens is 2. The maximum atomic E-state index is 14.4. The molecule has 0 bridgehead atoms. The number of nitrogens with zero attached hydrogens (tertiary/aromatic N) is 6. The van der Waals surface area contributed by atoms with Crippen LogP contribution in [-0.2, 0) is 46.7 Å². The lowest BCUT2D eigenvalue weighted by molar-refractivity contribution is -0.166. The van der Waals surface area contributed by atoms with E-state index >= 15 is 0 Å². The Balaban J connectivity index is 0.000000199. The molecule has 2 aliphatic rings. The molecule has 4 atom stereocenters. The molecule has 0 saturated carbocycles. The van der Waals surface area contributed by atoms with E-state index in [0.29, 0.717) is 49.0 Å². The van der Waals surface area contributed by atoms with E-state index in [2.05, 4.69) is 5.10 Å². The van der Waals surface area contributed by atoms with Crippen LogP contribution in [0.3, 0.4) is 0 Å². The molecule has 2 saturated heterocycles. The van der Waals surface area contributed by atoms with Crippen LogP contribution in [0.1, 0.15) is 65.0 Å². The van der Waals surface area contributed by atoms with Crippen LogP contribution in [0, 0.1) is 11.8 Å². The number of esters is 1. The van der Waals surface area contributed by atoms with Crippen LogP contribution in [0.5, 0.6) is 11.5 Å². The zero-order valence-electron chi connectivity index (χ0n) is 38.0. The van der Waals surface area contributed by atoms with Gasteiger partial charge in [0.15, 0.2) is 5.69 Å². The molecule has 0 radical (unpaired) electrons. The third-order valence-electron chi connectivity index (χ3n) is 11.8. The zero-order chi connectivity index (χ0) is 48.4. The summed E-state index contributed by atoms with van der Waals surface area (Å²) < 4.78 is 104. The SMILES string of the molecule is CCOc1ccc(S(=O)(=O)N2C[C@@H](C)[C@@H](n3nc(C(F)(F)C(=O)O)c4ccccc43)C2)cc1.CCOc1ccc(S(=O)(=O)N2C[C@@H](C)[C@@H](n3nc(CC(=O)OC(C)C)c4ccccc43)C2)cc1. The lowest BCUT2D eigenvalue weighted by Gasteiger charge is -2.18. The number of carboxylic acid groups (broad SMARTS) is 1. The molecule has 0 aliphatic carbocycles. The summed E-state index contributed by atoms with van der Waals surface area (Å²) in [5.41, 5.74) is 0.990. The molecule has 0 amide bonds. The molecule has 1 N–H and O–H groups in total. The van der Waals surface area contributed by atoms with Crippen molar-refractivity contribution in [3.05, 3.63) is 108 Å². The Hall–Kier alpha value is -5.96. The summed E-state index contributed by atoms with van der Waals surface area (Å²) in [6.45, 7) is 13.0. The number of aromatic nitrogens is 4. The van der Waals surface area contributed by atoms with Gasteiger partial charge in [0.05, 0.1) is 64.3 Å². The lowest BCUT2D eigenvalue weighted by atomic mass is 10.1. The molecule has 358 valence electrons. The predicted molar refractivity (Wildman–Crippen MR) is 245 cm³/mol. The number of para-hydroxylation sites is 2. The number of fused-ring (bicyclic) bond motifs is 2. The average molecular weight is 965 g/mol. The molecule has 8 rings (SSSR count). The molecule has 16 nitrogen and oxygen atoms in total. The van der Waals surface area contributed by atoms with Gasteiger partial charge in [-0.05, 0) is 100 Å². The number of hydrogen-bond donors (Lipinski definition) is 1. The average Bonchev–Trinajstić information content (AvgIpc) is 4.07. The molecular weight excluding hydrogens is 911 g/mol. The summed E-state index contributed by atoms with van der Waals surface area (Å²) in [5.74, 6) is -5.82. The number of hydrogen-bond acceptors (Lipinski definition) is 11. The van der Waals surface area contributed by atoms with Gasteiger partial charge in [0.1, 0.15) is 11.5 Å². The smallest absolute Gasteiger partial charge is 0.386 e. The Labute approximate surface area is 388 Å². The number of rotatable bonds is 15. The topological polar surface area (TPSA) is 192 Å². The van der Waals surface area contributed by atoms with Gasteiger partial charge in [-0.2, -0.15) is 27.6 Å². The lowest BCUT2D eigenvalue weighted by Crippen LogP contribution is -2.29. The molecule has 0 unspecified atom stereocenters. The largest absolute Gasteiger partial charge is 0.494 e. The molecule has 2 aliphatic heterocycles. The number of ether oxygens (including phenoxy) is 3. The van der Waals surface area contributed by atoms with Crippen molar-refractivity contribution in [1.82, 2.24) is 28.2 Å². The molecule has 4 heterocycles. The van der Waals surface area contributed by atoms with E-state index in [4.69, 9.17) is 24.4 Å². The van der Waals surface area contributed by atoms with Crippen molar-refractivity contribution in [1.29, 1.82) is 0 Å². The number of carbonyl (C=O) groups is 2. The Morgan fingerprint density at radius 1 is 0.687 bits per heavy atom. The molecule has 0 spiro atoms. The molecule has 2 fully saturated rings. The van der Waals surface area contributed by atoms with Crippen molar-refractivity contribution < 1.29 is 54.5 Å². The minimum absolute atomic E-state index is 0.0144. The van der Waals surface area contributed by atoms with E-state index in [1.54, 1.807) is 48.5 Å². The van der Waals surface area contributed by atoms with E-state index in [0.717, 1.165) is 10.9 Å². The van der Waals surface area contributed by atoms with E-state index in [9.17, 15) is 35.2 Å². The number of alkyl halides is 2. The highest BCUT2D eigenvalue weighted by Gasteiger charge is 2.47. The van der Waals surface area contributed by atoms with E-state index in [-0.39, 0.29) is 64.6 Å². The second kappa shape index (κ2) is 19.7. The Bertz CT molecular complexity index is 2960. The number of benzene rings is 4. The van der Waals surface area contributed by atoms with Gasteiger partial charge in [-0.3, -0.25) is 14.2 Å². The highest BCUT2D eigenvalue weighted by molar-refractivity contribution is 7.89. The predicted octanol–water partition coefficient (Wildman–Crippen LogP) is 7.30. The summed E-state index contributed by atoms with van der Waals surface area (Å²) in [4.78, 5) is 23.8. The Kier molecular flexibility index (Phi) is 14.4. The van der Waals surface area contributed by atoms with Gasteiger partial charge in [0, 0.05) is 37.0 Å². The first kappa shape index (κ1) is 49.0. The van der Waals surface area contributed by atoms with E-state index < -0.39 is 43.7 Å². The Morgan fingerprint density at radius 2 is 1.12 bits per heavy atom. The van der Waals surface area contributed by atoms with E-state index in [1.165, 1.54) is 37.6 Å². The van der Waals surface area contributed by atoms with Crippen LogP contribution in [0.2, 0.25) is 0 Å². The van der Waals surface area contributed by atoms with E-state index in [1.807, 2.05) is 70.5 Å². The van der Waals surface area contributed by atoms with Crippen LogP contribution >= 0.6 is 0 Å². The maximum absolute atomic E-state index is 14.4. The number of carboxylic acids is 1. The highest BCUT2D eigenvalue weighted by Crippen LogP contribution is 2.39. The molecule has 2 aromatic heterocycles. The molecule has 20 heteroatoms. The zero-order valence-corrected chi connectivity index (χ0v) is 39.6. The second-order valence-electron chi connectivity index (χ2n) is 16.9. The van der Waals surface area contributed by atoms with Crippen molar-refractivity contribution in [2.45, 2.75) is 81.9 Å². The third-order valence-corrected chi connectivity index (χ3v) is 15.5. The van der Waals surface area contributed by atoms with Crippen LogP contribution in [0.15, 0.2) is 107 Å².